The molecule has 1 aromatic heterocycles. The number of nitrogens with zero attached hydrogens (tertiary/aromatic N) is 1. The van der Waals surface area contributed by atoms with E-state index in [0.29, 0.717) is 21.3 Å². The van der Waals surface area contributed by atoms with Crippen LogP contribution in [-0.2, 0) is 0 Å². The second kappa shape index (κ2) is 6.13. The van der Waals surface area contributed by atoms with E-state index in [-0.39, 0.29) is 17.8 Å². The number of rotatable bonds is 3. The lowest BCUT2D eigenvalue weighted by molar-refractivity contribution is 0.0934. The van der Waals surface area contributed by atoms with Gasteiger partial charge in [-0.1, -0.05) is 12.1 Å². The molecule has 3 nitrogen and oxygen atoms in total. The molecule has 0 bridgehead atoms. The molecular weight excluding hydrogens is 323 g/mol. The van der Waals surface area contributed by atoms with E-state index in [1.807, 2.05) is 0 Å². The van der Waals surface area contributed by atoms with Crippen molar-refractivity contribution in [2.75, 3.05) is 0 Å². The molecule has 1 atom stereocenters. The highest BCUT2D eigenvalue weighted by Gasteiger charge is 2.15. The maximum absolute atomic E-state index is 13.5. The summed E-state index contributed by atoms with van der Waals surface area (Å²) in [7, 11) is 0. The van der Waals surface area contributed by atoms with Crippen molar-refractivity contribution in [1.82, 2.24) is 10.3 Å². The number of hydrogen-bond acceptors (Lipinski definition) is 2. The number of benzene rings is 1. The van der Waals surface area contributed by atoms with Gasteiger partial charge in [0.25, 0.3) is 5.91 Å². The van der Waals surface area contributed by atoms with Crippen molar-refractivity contribution < 1.29 is 9.18 Å². The molecule has 0 radical (unpaired) electrons. The number of amides is 1. The van der Waals surface area contributed by atoms with E-state index in [2.05, 4.69) is 26.2 Å². The quantitative estimate of drug-likeness (QED) is 0.926. The van der Waals surface area contributed by atoms with Gasteiger partial charge in [-0.05, 0) is 59.1 Å². The summed E-state index contributed by atoms with van der Waals surface area (Å²) < 4.78 is 14.2. The predicted octanol–water partition coefficient (Wildman–Crippen LogP) is 3.78. The monoisotopic (exact) mass is 336 g/mol. The maximum atomic E-state index is 13.5. The molecule has 1 unspecified atom stereocenters. The fraction of sp³-hybridized carbons (Fsp3) is 0.200. The molecule has 0 fully saturated rings. The van der Waals surface area contributed by atoms with Crippen LogP contribution in [0, 0.1) is 12.7 Å². The van der Waals surface area contributed by atoms with E-state index < -0.39 is 0 Å². The summed E-state index contributed by atoms with van der Waals surface area (Å²) in [6, 6.07) is 8.12. The van der Waals surface area contributed by atoms with Crippen molar-refractivity contribution in [1.29, 1.82) is 0 Å². The minimum atomic E-state index is -0.300. The first-order chi connectivity index (χ1) is 9.49. The lowest BCUT2D eigenvalue weighted by Gasteiger charge is -2.15. The minimum Gasteiger partial charge on any atom is -0.344 e. The number of carbonyl (C=O) groups is 1. The Bertz CT molecular complexity index is 646. The van der Waals surface area contributed by atoms with Gasteiger partial charge in [-0.25, -0.2) is 9.37 Å². The minimum absolute atomic E-state index is 0.275. The van der Waals surface area contributed by atoms with Crippen molar-refractivity contribution in [2.45, 2.75) is 19.9 Å². The molecule has 0 saturated carbocycles. The first kappa shape index (κ1) is 14.7. The zero-order valence-electron chi connectivity index (χ0n) is 11.2. The van der Waals surface area contributed by atoms with Gasteiger partial charge in [0.1, 0.15) is 11.5 Å². The van der Waals surface area contributed by atoms with Crippen LogP contribution in [0.2, 0.25) is 0 Å². The Kier molecular flexibility index (Phi) is 4.49. The van der Waals surface area contributed by atoms with Crippen molar-refractivity contribution in [2.24, 2.45) is 0 Å². The van der Waals surface area contributed by atoms with Gasteiger partial charge < -0.3 is 5.32 Å². The zero-order valence-corrected chi connectivity index (χ0v) is 12.7. The van der Waals surface area contributed by atoms with Crippen LogP contribution in [0.5, 0.6) is 0 Å². The van der Waals surface area contributed by atoms with Gasteiger partial charge in [0.2, 0.25) is 0 Å². The third-order valence-corrected chi connectivity index (χ3v) is 3.66. The number of nitrogens with one attached hydrogen (secondary N) is 1. The largest absolute Gasteiger partial charge is 0.344 e. The Morgan fingerprint density at radius 1 is 1.40 bits per heavy atom. The van der Waals surface area contributed by atoms with Crippen LogP contribution in [0.25, 0.3) is 0 Å². The molecule has 2 aromatic rings. The van der Waals surface area contributed by atoms with E-state index in [1.165, 1.54) is 6.07 Å². The van der Waals surface area contributed by atoms with Gasteiger partial charge in [-0.3, -0.25) is 4.79 Å². The molecule has 0 saturated heterocycles. The van der Waals surface area contributed by atoms with Crippen LogP contribution >= 0.6 is 15.9 Å². The molecule has 5 heteroatoms. The standard InChI is InChI=1S/C15H14BrFN2O/c1-9-5-6-11(8-13(9)17)10(2)19-15(20)14-12(16)4-3-7-18-14/h3-8,10H,1-2H3,(H,19,20). The first-order valence-electron chi connectivity index (χ1n) is 6.16. The van der Waals surface area contributed by atoms with Crippen LogP contribution in [-0.4, -0.2) is 10.9 Å². The highest BCUT2D eigenvalue weighted by atomic mass is 79.9. The Morgan fingerprint density at radius 2 is 2.15 bits per heavy atom. The SMILES string of the molecule is Cc1ccc(C(C)NC(=O)c2ncccc2Br)cc1F. The second-order valence-corrected chi connectivity index (χ2v) is 5.39. The average Bonchev–Trinajstić information content (AvgIpc) is 2.42. The van der Waals surface area contributed by atoms with Gasteiger partial charge in [-0.2, -0.15) is 0 Å². The molecule has 104 valence electrons. The molecule has 0 spiro atoms. The Hall–Kier alpha value is -1.75. The number of hydrogen-bond donors (Lipinski definition) is 1. The van der Waals surface area contributed by atoms with Crippen LogP contribution < -0.4 is 5.32 Å². The van der Waals surface area contributed by atoms with Crippen LogP contribution in [0.1, 0.15) is 34.6 Å². The summed E-state index contributed by atoms with van der Waals surface area (Å²) >= 11 is 3.28. The van der Waals surface area contributed by atoms with Gasteiger partial charge >= 0.3 is 0 Å². The highest BCUT2D eigenvalue weighted by molar-refractivity contribution is 9.10. The first-order valence-corrected chi connectivity index (χ1v) is 6.95. The normalized spacial score (nSPS) is 12.0. The Balaban J connectivity index is 2.15. The number of pyridine rings is 1. The van der Waals surface area contributed by atoms with E-state index in [0.717, 1.165) is 0 Å². The molecule has 0 aliphatic carbocycles. The van der Waals surface area contributed by atoms with Gasteiger partial charge in [-0.15, -0.1) is 0 Å². The van der Waals surface area contributed by atoms with E-state index in [1.54, 1.807) is 44.3 Å². The molecule has 1 N–H and O–H groups in total. The summed E-state index contributed by atoms with van der Waals surface area (Å²) in [5.41, 5.74) is 1.61. The van der Waals surface area contributed by atoms with Crippen LogP contribution in [0.15, 0.2) is 41.0 Å². The second-order valence-electron chi connectivity index (χ2n) is 4.54. The molecule has 0 aliphatic rings. The molecule has 20 heavy (non-hydrogen) atoms. The van der Waals surface area contributed by atoms with E-state index >= 15 is 0 Å². The average molecular weight is 337 g/mol. The van der Waals surface area contributed by atoms with Crippen LogP contribution in [0.3, 0.4) is 0 Å². The molecule has 1 amide bonds. The van der Waals surface area contributed by atoms with Crippen LogP contribution in [0.4, 0.5) is 4.39 Å². The third-order valence-electron chi connectivity index (χ3n) is 3.02. The molecule has 1 aromatic carbocycles. The van der Waals surface area contributed by atoms with Gasteiger partial charge in [0.05, 0.1) is 6.04 Å². The Labute approximate surface area is 125 Å². The summed E-state index contributed by atoms with van der Waals surface area (Å²) in [6.45, 7) is 3.51. The summed E-state index contributed by atoms with van der Waals surface area (Å²) in [5.74, 6) is -0.575. The number of aryl methyl sites for hydroxylation is 1. The van der Waals surface area contributed by atoms with Crippen molar-refractivity contribution >= 4 is 21.8 Å². The molecule has 1 heterocycles. The summed E-state index contributed by atoms with van der Waals surface area (Å²) in [4.78, 5) is 16.1. The fourth-order valence-electron chi connectivity index (χ4n) is 1.78. The van der Waals surface area contributed by atoms with E-state index in [9.17, 15) is 9.18 Å². The van der Waals surface area contributed by atoms with Gasteiger partial charge in [0.15, 0.2) is 0 Å². The lowest BCUT2D eigenvalue weighted by Crippen LogP contribution is -2.27. The fourth-order valence-corrected chi connectivity index (χ4v) is 2.21. The molecule has 0 aliphatic heterocycles. The third kappa shape index (κ3) is 3.22. The summed E-state index contributed by atoms with van der Waals surface area (Å²) in [5, 5.41) is 2.80. The number of halogens is 2. The van der Waals surface area contributed by atoms with Gasteiger partial charge in [0, 0.05) is 10.7 Å². The zero-order chi connectivity index (χ0) is 14.7. The smallest absolute Gasteiger partial charge is 0.271 e. The van der Waals surface area contributed by atoms with Crippen molar-refractivity contribution in [3.8, 4) is 0 Å². The molecular formula is C15H14BrFN2O. The lowest BCUT2D eigenvalue weighted by atomic mass is 10.1. The summed E-state index contributed by atoms with van der Waals surface area (Å²) in [6.07, 6.45) is 1.55. The predicted molar refractivity (Wildman–Crippen MR) is 79.0 cm³/mol. The molecule has 2 rings (SSSR count). The highest BCUT2D eigenvalue weighted by Crippen LogP contribution is 2.18. The topological polar surface area (TPSA) is 42.0 Å². The van der Waals surface area contributed by atoms with Crippen molar-refractivity contribution in [3.05, 3.63) is 63.6 Å². The maximum Gasteiger partial charge on any atom is 0.271 e. The number of aromatic nitrogens is 1. The Morgan fingerprint density at radius 3 is 2.80 bits per heavy atom. The van der Waals surface area contributed by atoms with E-state index in [4.69, 9.17) is 0 Å². The van der Waals surface area contributed by atoms with Crippen molar-refractivity contribution in [3.63, 3.8) is 0 Å². The number of carbonyl (C=O) groups excluding carboxylic acids is 1.